The molecule has 1 aliphatic carbocycles. The van der Waals surface area contributed by atoms with E-state index >= 15 is 0 Å². The van der Waals surface area contributed by atoms with Crippen molar-refractivity contribution in [3.8, 4) is 0 Å². The number of aryl methyl sites for hydroxylation is 1. The molecule has 27 heavy (non-hydrogen) atoms. The number of rotatable bonds is 6. The van der Waals surface area contributed by atoms with E-state index < -0.39 is 10.0 Å². The van der Waals surface area contributed by atoms with Gasteiger partial charge in [0, 0.05) is 31.2 Å². The normalized spacial score (nSPS) is 16.2. The first-order valence-electron chi connectivity index (χ1n) is 9.15. The molecule has 0 atom stereocenters. The highest BCUT2D eigenvalue weighted by atomic mass is 32.2. The molecule has 1 fully saturated rings. The third-order valence-corrected chi connectivity index (χ3v) is 6.54. The highest BCUT2D eigenvalue weighted by Crippen LogP contribution is 2.23. The van der Waals surface area contributed by atoms with Crippen LogP contribution in [0, 0.1) is 6.92 Å². The van der Waals surface area contributed by atoms with Crippen molar-refractivity contribution >= 4 is 15.9 Å². The van der Waals surface area contributed by atoms with Gasteiger partial charge in [0.2, 0.25) is 10.0 Å². The summed E-state index contributed by atoms with van der Waals surface area (Å²) in [5, 5.41) is 6.21. The van der Waals surface area contributed by atoms with Crippen LogP contribution < -0.4 is 15.4 Å². The molecular weight excluding hydrogens is 362 g/mol. The molecule has 0 radical (unpaired) electrons. The number of hydrogen-bond acceptors (Lipinski definition) is 4. The van der Waals surface area contributed by atoms with E-state index in [0.29, 0.717) is 12.1 Å². The number of benzene rings is 2. The van der Waals surface area contributed by atoms with Gasteiger partial charge in [-0.1, -0.05) is 24.3 Å². The van der Waals surface area contributed by atoms with Crippen LogP contribution in [0.2, 0.25) is 0 Å². The van der Waals surface area contributed by atoms with Gasteiger partial charge in [-0.2, -0.15) is 0 Å². The Hall–Kier alpha value is -2.22. The Morgan fingerprint density at radius 1 is 1.11 bits per heavy atom. The van der Waals surface area contributed by atoms with Crippen LogP contribution in [0.25, 0.3) is 0 Å². The molecule has 1 aliphatic heterocycles. The van der Waals surface area contributed by atoms with Crippen LogP contribution in [-0.2, 0) is 29.7 Å². The standard InChI is InChI=1S/C20H23N3O3S/c1-13-2-7-18(27(25,26)23-17-5-6-17)9-19(13)20(24)22-10-14-3-4-15-11-21-12-16(15)8-14/h2-4,7-9,17,21,23H,5-6,10-12H2,1H3,(H,22,24). The zero-order chi connectivity index (χ0) is 19.0. The first-order chi connectivity index (χ1) is 12.9. The third kappa shape index (κ3) is 4.05. The van der Waals surface area contributed by atoms with E-state index in [1.165, 1.54) is 17.2 Å². The second-order valence-corrected chi connectivity index (χ2v) is 8.98. The molecule has 2 aromatic rings. The van der Waals surface area contributed by atoms with Gasteiger partial charge in [-0.15, -0.1) is 0 Å². The minimum atomic E-state index is -3.58. The van der Waals surface area contributed by atoms with Crippen molar-refractivity contribution in [2.45, 2.75) is 50.3 Å². The highest BCUT2D eigenvalue weighted by Gasteiger charge is 2.28. The Balaban J connectivity index is 1.48. The lowest BCUT2D eigenvalue weighted by Gasteiger charge is -2.11. The van der Waals surface area contributed by atoms with Crippen molar-refractivity contribution in [3.63, 3.8) is 0 Å². The van der Waals surface area contributed by atoms with Crippen LogP contribution in [0.5, 0.6) is 0 Å². The lowest BCUT2D eigenvalue weighted by molar-refractivity contribution is 0.0950. The van der Waals surface area contributed by atoms with Crippen molar-refractivity contribution in [1.29, 1.82) is 0 Å². The van der Waals surface area contributed by atoms with E-state index in [9.17, 15) is 13.2 Å². The quantitative estimate of drug-likeness (QED) is 0.710. The van der Waals surface area contributed by atoms with Gasteiger partial charge < -0.3 is 10.6 Å². The molecule has 1 saturated carbocycles. The van der Waals surface area contributed by atoms with Gasteiger partial charge in [0.15, 0.2) is 0 Å². The SMILES string of the molecule is Cc1ccc(S(=O)(=O)NC2CC2)cc1C(=O)NCc1ccc2c(c1)CNC2. The summed E-state index contributed by atoms with van der Waals surface area (Å²) in [6.45, 7) is 3.95. The predicted molar refractivity (Wildman–Crippen MR) is 103 cm³/mol. The van der Waals surface area contributed by atoms with E-state index in [1.807, 2.05) is 6.07 Å². The van der Waals surface area contributed by atoms with Gasteiger partial charge in [-0.3, -0.25) is 4.79 Å². The maximum Gasteiger partial charge on any atom is 0.251 e. The molecule has 1 heterocycles. The summed E-state index contributed by atoms with van der Waals surface area (Å²) >= 11 is 0. The van der Waals surface area contributed by atoms with Gasteiger partial charge in [0.05, 0.1) is 4.90 Å². The number of fused-ring (bicyclic) bond motifs is 1. The van der Waals surface area contributed by atoms with E-state index in [-0.39, 0.29) is 16.8 Å². The van der Waals surface area contributed by atoms with Crippen molar-refractivity contribution in [3.05, 3.63) is 64.2 Å². The predicted octanol–water partition coefficient (Wildman–Crippen LogP) is 1.97. The van der Waals surface area contributed by atoms with Crippen molar-refractivity contribution in [1.82, 2.24) is 15.4 Å². The summed E-state index contributed by atoms with van der Waals surface area (Å²) in [4.78, 5) is 12.8. The molecule has 1 amide bonds. The van der Waals surface area contributed by atoms with Crippen molar-refractivity contribution < 1.29 is 13.2 Å². The Morgan fingerprint density at radius 2 is 1.89 bits per heavy atom. The second kappa shape index (κ2) is 7.07. The molecule has 2 aromatic carbocycles. The maximum absolute atomic E-state index is 12.6. The molecule has 0 unspecified atom stereocenters. The van der Waals surface area contributed by atoms with Crippen LogP contribution >= 0.6 is 0 Å². The zero-order valence-electron chi connectivity index (χ0n) is 15.2. The van der Waals surface area contributed by atoms with Crippen LogP contribution in [-0.4, -0.2) is 20.4 Å². The van der Waals surface area contributed by atoms with Gasteiger partial charge >= 0.3 is 0 Å². The summed E-state index contributed by atoms with van der Waals surface area (Å²) in [6, 6.07) is 10.9. The highest BCUT2D eigenvalue weighted by molar-refractivity contribution is 7.89. The fourth-order valence-electron chi connectivity index (χ4n) is 3.24. The van der Waals surface area contributed by atoms with Gasteiger partial charge in [-0.05, 0) is 54.2 Å². The molecule has 3 N–H and O–H groups in total. The molecule has 0 bridgehead atoms. The molecular formula is C20H23N3O3S. The maximum atomic E-state index is 12.6. The minimum absolute atomic E-state index is 0.0304. The minimum Gasteiger partial charge on any atom is -0.348 e. The Morgan fingerprint density at radius 3 is 2.67 bits per heavy atom. The number of hydrogen-bond donors (Lipinski definition) is 3. The second-order valence-electron chi connectivity index (χ2n) is 7.26. The summed E-state index contributed by atoms with van der Waals surface area (Å²) < 4.78 is 27.5. The van der Waals surface area contributed by atoms with E-state index in [4.69, 9.17) is 0 Å². The molecule has 142 valence electrons. The molecule has 7 heteroatoms. The molecule has 0 saturated heterocycles. The Bertz CT molecular complexity index is 998. The number of nitrogens with one attached hydrogen (secondary N) is 3. The Labute approximate surface area is 159 Å². The van der Waals surface area contributed by atoms with E-state index in [2.05, 4.69) is 27.5 Å². The lowest BCUT2D eigenvalue weighted by Crippen LogP contribution is -2.27. The lowest BCUT2D eigenvalue weighted by atomic mass is 10.1. The first-order valence-corrected chi connectivity index (χ1v) is 10.6. The van der Waals surface area contributed by atoms with Crippen LogP contribution in [0.15, 0.2) is 41.3 Å². The average molecular weight is 385 g/mol. The molecule has 0 aromatic heterocycles. The summed E-state index contributed by atoms with van der Waals surface area (Å²) in [6.07, 6.45) is 1.74. The first kappa shape index (κ1) is 18.2. The summed E-state index contributed by atoms with van der Waals surface area (Å²) in [5.41, 5.74) is 4.72. The van der Waals surface area contributed by atoms with Crippen molar-refractivity contribution in [2.24, 2.45) is 0 Å². The number of carbonyl (C=O) groups excluding carboxylic acids is 1. The molecule has 4 rings (SSSR count). The van der Waals surface area contributed by atoms with Crippen LogP contribution in [0.3, 0.4) is 0 Å². The van der Waals surface area contributed by atoms with Crippen LogP contribution in [0.4, 0.5) is 0 Å². The molecule has 2 aliphatic rings. The smallest absolute Gasteiger partial charge is 0.251 e. The van der Waals surface area contributed by atoms with Gasteiger partial charge in [0.1, 0.15) is 0 Å². The average Bonchev–Trinajstić information content (AvgIpc) is 3.31. The topological polar surface area (TPSA) is 87.3 Å². The monoisotopic (exact) mass is 385 g/mol. The van der Waals surface area contributed by atoms with E-state index in [0.717, 1.165) is 37.1 Å². The van der Waals surface area contributed by atoms with E-state index in [1.54, 1.807) is 19.1 Å². The summed E-state index contributed by atoms with van der Waals surface area (Å²) in [7, 11) is -3.58. The third-order valence-electron chi connectivity index (χ3n) is 5.02. The fraction of sp³-hybridized carbons (Fsp3) is 0.350. The van der Waals surface area contributed by atoms with Gasteiger partial charge in [-0.25, -0.2) is 13.1 Å². The number of sulfonamides is 1. The molecule has 0 spiro atoms. The number of carbonyl (C=O) groups is 1. The fourth-order valence-corrected chi connectivity index (χ4v) is 4.57. The largest absolute Gasteiger partial charge is 0.348 e. The summed E-state index contributed by atoms with van der Waals surface area (Å²) in [5.74, 6) is -0.269. The molecule has 6 nitrogen and oxygen atoms in total. The van der Waals surface area contributed by atoms with Gasteiger partial charge in [0.25, 0.3) is 5.91 Å². The number of amides is 1. The van der Waals surface area contributed by atoms with Crippen LogP contribution in [0.1, 0.15) is 45.5 Å². The zero-order valence-corrected chi connectivity index (χ0v) is 16.0. The Kier molecular flexibility index (Phi) is 4.75. The van der Waals surface area contributed by atoms with Crippen molar-refractivity contribution in [2.75, 3.05) is 0 Å².